The number of aliphatic hydroxyl groups is 3. The Morgan fingerprint density at radius 1 is 1.31 bits per heavy atom. The Balaban J connectivity index is 2.31. The minimum absolute atomic E-state index is 0.0613. The van der Waals surface area contributed by atoms with Crippen LogP contribution in [0.3, 0.4) is 0 Å². The first-order valence-electron chi connectivity index (χ1n) is 8.22. The summed E-state index contributed by atoms with van der Waals surface area (Å²) >= 11 is 0. The molecule has 26 heavy (non-hydrogen) atoms. The van der Waals surface area contributed by atoms with Crippen LogP contribution in [0.25, 0.3) is 11.2 Å². The Labute approximate surface area is 153 Å². The minimum atomic E-state index is -1.90. The van der Waals surface area contributed by atoms with E-state index in [9.17, 15) is 20.1 Å². The SMILES string of the molecule is CC(C)(O)[C@H]1O[C@@]([Si])(n2cnc3c(=O)[nH]cnc32)[C@@](O)(C(C)(C)C)[C@@H]1O. The van der Waals surface area contributed by atoms with Crippen LogP contribution in [0.15, 0.2) is 17.4 Å². The standard InChI is InChI=1S/C16H23N4O5Si/c1-13(2,3)15(24)9(21)10(14(4,5)23)25-16(15,26)20-7-19-8-11(20)17-6-18-12(8)22/h6-7,9-10,21,23-24H,1-5H3,(H,17,18,22)/t9-,10+,15+,16+/m1/s1. The van der Waals surface area contributed by atoms with Gasteiger partial charge in [0, 0.05) is 0 Å². The van der Waals surface area contributed by atoms with Gasteiger partial charge in [-0.15, -0.1) is 0 Å². The van der Waals surface area contributed by atoms with E-state index in [1.807, 2.05) is 0 Å². The maximum absolute atomic E-state index is 12.0. The van der Waals surface area contributed by atoms with Crippen LogP contribution in [0, 0.1) is 5.41 Å². The number of nitrogens with zero attached hydrogens (tertiary/aromatic N) is 3. The Kier molecular flexibility index (Phi) is 4.02. The summed E-state index contributed by atoms with van der Waals surface area (Å²) in [5.74, 6) is 0. The fourth-order valence-corrected chi connectivity index (χ4v) is 4.37. The van der Waals surface area contributed by atoms with Gasteiger partial charge in [-0.25, -0.2) is 9.97 Å². The summed E-state index contributed by atoms with van der Waals surface area (Å²) in [6.45, 7) is 8.18. The summed E-state index contributed by atoms with van der Waals surface area (Å²) in [6, 6.07) is 0. The van der Waals surface area contributed by atoms with E-state index in [-0.39, 0.29) is 11.2 Å². The van der Waals surface area contributed by atoms with Crippen LogP contribution in [0.4, 0.5) is 0 Å². The third-order valence-electron chi connectivity index (χ3n) is 5.05. The number of aromatic amines is 1. The zero-order valence-corrected chi connectivity index (χ0v) is 16.3. The Morgan fingerprint density at radius 2 is 1.92 bits per heavy atom. The lowest BCUT2D eigenvalue weighted by Crippen LogP contribution is -2.65. The van der Waals surface area contributed by atoms with Crippen molar-refractivity contribution in [2.45, 2.75) is 63.4 Å². The number of ether oxygens (including phenoxy) is 1. The third kappa shape index (κ3) is 2.33. The first-order valence-corrected chi connectivity index (χ1v) is 8.72. The van der Waals surface area contributed by atoms with Gasteiger partial charge in [0.05, 0.1) is 18.3 Å². The van der Waals surface area contributed by atoms with Crippen molar-refractivity contribution >= 4 is 21.4 Å². The number of rotatable bonds is 2. The molecular formula is C16H23N4O5Si. The van der Waals surface area contributed by atoms with Gasteiger partial charge in [-0.1, -0.05) is 20.8 Å². The van der Waals surface area contributed by atoms with Gasteiger partial charge in [0.2, 0.25) is 0 Å². The summed E-state index contributed by atoms with van der Waals surface area (Å²) in [5, 5.41) is 31.3. The van der Waals surface area contributed by atoms with E-state index in [2.05, 4.69) is 25.2 Å². The van der Waals surface area contributed by atoms with Crippen LogP contribution in [-0.2, 0) is 10.1 Å². The fourth-order valence-electron chi connectivity index (χ4n) is 3.56. The van der Waals surface area contributed by atoms with Crippen molar-refractivity contribution in [3.05, 3.63) is 23.0 Å². The molecule has 0 unspecified atom stereocenters. The van der Waals surface area contributed by atoms with E-state index in [0.717, 1.165) is 0 Å². The number of hydrogen-bond acceptors (Lipinski definition) is 7. The van der Waals surface area contributed by atoms with Gasteiger partial charge in [0.25, 0.3) is 5.56 Å². The second kappa shape index (κ2) is 5.46. The number of hydrogen-bond donors (Lipinski definition) is 4. The lowest BCUT2D eigenvalue weighted by molar-refractivity contribution is -0.193. The van der Waals surface area contributed by atoms with Crippen molar-refractivity contribution in [1.29, 1.82) is 0 Å². The van der Waals surface area contributed by atoms with Crippen LogP contribution >= 0.6 is 0 Å². The molecule has 0 spiro atoms. The lowest BCUT2D eigenvalue weighted by Gasteiger charge is -2.48. The summed E-state index contributed by atoms with van der Waals surface area (Å²) in [7, 11) is 3.51. The zero-order chi connectivity index (χ0) is 19.7. The van der Waals surface area contributed by atoms with Crippen LogP contribution in [0.5, 0.6) is 0 Å². The molecule has 4 atom stereocenters. The van der Waals surface area contributed by atoms with E-state index in [4.69, 9.17) is 4.74 Å². The number of H-pyrrole nitrogens is 1. The molecule has 1 saturated heterocycles. The van der Waals surface area contributed by atoms with Crippen molar-refractivity contribution in [2.75, 3.05) is 0 Å². The normalized spacial score (nSPS) is 33.1. The molecule has 4 N–H and O–H groups in total. The molecule has 3 heterocycles. The van der Waals surface area contributed by atoms with Crippen LogP contribution < -0.4 is 5.56 Å². The molecule has 0 bridgehead atoms. The highest BCUT2D eigenvalue weighted by Gasteiger charge is 2.70. The van der Waals surface area contributed by atoms with Gasteiger partial charge in [-0.3, -0.25) is 9.36 Å². The van der Waals surface area contributed by atoms with E-state index in [0.29, 0.717) is 0 Å². The molecular weight excluding hydrogens is 356 g/mol. The van der Waals surface area contributed by atoms with Crippen LogP contribution in [-0.4, -0.2) is 68.5 Å². The zero-order valence-electron chi connectivity index (χ0n) is 15.3. The first-order chi connectivity index (χ1) is 11.7. The van der Waals surface area contributed by atoms with E-state index in [1.165, 1.54) is 31.1 Å². The molecule has 3 rings (SSSR count). The maximum Gasteiger partial charge on any atom is 0.278 e. The molecule has 2 aromatic heterocycles. The predicted molar refractivity (Wildman–Crippen MR) is 93.5 cm³/mol. The summed E-state index contributed by atoms with van der Waals surface area (Å²) in [5.41, 5.74) is -4.47. The van der Waals surface area contributed by atoms with Crippen LogP contribution in [0.1, 0.15) is 34.6 Å². The second-order valence-corrected chi connectivity index (χ2v) is 8.99. The number of imidazole rings is 1. The van der Waals surface area contributed by atoms with Gasteiger partial charge in [-0.05, 0) is 19.3 Å². The Morgan fingerprint density at radius 3 is 2.46 bits per heavy atom. The maximum atomic E-state index is 12.0. The highest BCUT2D eigenvalue weighted by atomic mass is 28.1. The second-order valence-electron chi connectivity index (χ2n) is 8.32. The summed E-state index contributed by atoms with van der Waals surface area (Å²) in [4.78, 5) is 22.6. The van der Waals surface area contributed by atoms with E-state index < -0.39 is 39.7 Å². The monoisotopic (exact) mass is 379 g/mol. The lowest BCUT2D eigenvalue weighted by atomic mass is 9.70. The quantitative estimate of drug-likeness (QED) is 0.502. The summed E-state index contributed by atoms with van der Waals surface area (Å²) < 4.78 is 7.35. The van der Waals surface area contributed by atoms with Gasteiger partial charge in [-0.2, -0.15) is 0 Å². The average Bonchev–Trinajstić information content (AvgIpc) is 3.02. The van der Waals surface area contributed by atoms with Crippen molar-refractivity contribution < 1.29 is 20.1 Å². The molecule has 1 aliphatic heterocycles. The van der Waals surface area contributed by atoms with Gasteiger partial charge < -0.3 is 25.0 Å². The molecule has 0 aromatic carbocycles. The first kappa shape index (κ1) is 19.2. The van der Waals surface area contributed by atoms with Gasteiger partial charge in [0.1, 0.15) is 28.1 Å². The van der Waals surface area contributed by atoms with Crippen molar-refractivity contribution in [1.82, 2.24) is 19.5 Å². The molecule has 9 nitrogen and oxygen atoms in total. The molecule has 0 saturated carbocycles. The highest BCUT2D eigenvalue weighted by Crippen LogP contribution is 2.53. The third-order valence-corrected chi connectivity index (χ3v) is 5.79. The number of nitrogens with one attached hydrogen (secondary N) is 1. The largest absolute Gasteiger partial charge is 0.388 e. The van der Waals surface area contributed by atoms with Crippen LogP contribution in [0.2, 0.25) is 0 Å². The Hall–Kier alpha value is -1.59. The smallest absolute Gasteiger partial charge is 0.278 e. The average molecular weight is 379 g/mol. The van der Waals surface area contributed by atoms with E-state index in [1.54, 1.807) is 20.8 Å². The van der Waals surface area contributed by atoms with Crippen molar-refractivity contribution in [3.8, 4) is 0 Å². The highest BCUT2D eigenvalue weighted by molar-refractivity contribution is 6.14. The van der Waals surface area contributed by atoms with Gasteiger partial charge >= 0.3 is 0 Å². The molecule has 1 aliphatic rings. The Bertz CT molecular complexity index is 898. The minimum Gasteiger partial charge on any atom is -0.388 e. The molecule has 0 amide bonds. The number of aliphatic hydroxyl groups excluding tert-OH is 1. The van der Waals surface area contributed by atoms with Gasteiger partial charge in [0.15, 0.2) is 16.5 Å². The molecule has 2 aromatic rings. The molecule has 3 radical (unpaired) electrons. The molecule has 10 heteroatoms. The number of fused-ring (bicyclic) bond motifs is 1. The van der Waals surface area contributed by atoms with E-state index >= 15 is 0 Å². The topological polar surface area (TPSA) is 133 Å². The summed E-state index contributed by atoms with van der Waals surface area (Å²) in [6.07, 6.45) is -0.0492. The number of aromatic nitrogens is 4. The molecule has 0 aliphatic carbocycles. The molecule has 141 valence electrons. The molecule has 1 fully saturated rings. The van der Waals surface area contributed by atoms with Crippen molar-refractivity contribution in [2.24, 2.45) is 5.41 Å². The fraction of sp³-hybridized carbons (Fsp3) is 0.688. The predicted octanol–water partition coefficient (Wildman–Crippen LogP) is -0.794. The van der Waals surface area contributed by atoms with Crippen molar-refractivity contribution in [3.63, 3.8) is 0 Å².